The summed E-state index contributed by atoms with van der Waals surface area (Å²) < 4.78 is 5.29. The molecule has 1 unspecified atom stereocenters. The third kappa shape index (κ3) is 3.57. The van der Waals surface area contributed by atoms with E-state index < -0.39 is 0 Å². The van der Waals surface area contributed by atoms with Gasteiger partial charge in [-0.2, -0.15) is 0 Å². The molecule has 2 aromatic rings. The van der Waals surface area contributed by atoms with Gasteiger partial charge in [-0.15, -0.1) is 22.7 Å². The third-order valence-electron chi connectivity index (χ3n) is 5.52. The van der Waals surface area contributed by atoms with Crippen LogP contribution in [0.15, 0.2) is 5.38 Å². The molecule has 2 heterocycles. The fraction of sp³-hybridized carbons (Fsp3) is 0.524. The molecule has 0 radical (unpaired) electrons. The number of carbonyl (C=O) groups excluding carboxylic acids is 2. The second-order valence-corrected chi connectivity index (χ2v) is 9.56. The van der Waals surface area contributed by atoms with Crippen molar-refractivity contribution in [2.45, 2.75) is 58.8 Å². The van der Waals surface area contributed by atoms with Crippen molar-refractivity contribution in [2.75, 3.05) is 11.9 Å². The van der Waals surface area contributed by atoms with Gasteiger partial charge in [0.05, 0.1) is 17.7 Å². The minimum Gasteiger partial charge on any atom is -0.462 e. The lowest BCUT2D eigenvalue weighted by Crippen LogP contribution is -2.18. The Balaban J connectivity index is 1.64. The molecular weight excluding hydrogens is 378 g/mol. The zero-order chi connectivity index (χ0) is 19.0. The first-order valence-corrected chi connectivity index (χ1v) is 11.5. The van der Waals surface area contributed by atoms with Gasteiger partial charge in [0, 0.05) is 15.1 Å². The van der Waals surface area contributed by atoms with E-state index in [4.69, 9.17) is 4.74 Å². The average Bonchev–Trinajstić information content (AvgIpc) is 3.22. The van der Waals surface area contributed by atoms with Crippen molar-refractivity contribution in [3.8, 4) is 0 Å². The van der Waals surface area contributed by atoms with E-state index in [-0.39, 0.29) is 11.9 Å². The largest absolute Gasteiger partial charge is 0.462 e. The third-order valence-corrected chi connectivity index (χ3v) is 7.78. The van der Waals surface area contributed by atoms with E-state index in [1.54, 1.807) is 22.7 Å². The molecule has 1 N–H and O–H groups in total. The van der Waals surface area contributed by atoms with Gasteiger partial charge in [0.2, 0.25) is 0 Å². The van der Waals surface area contributed by atoms with Gasteiger partial charge in [0.25, 0.3) is 5.91 Å². The van der Waals surface area contributed by atoms with Gasteiger partial charge < -0.3 is 10.1 Å². The quantitative estimate of drug-likeness (QED) is 0.710. The Kier molecular flexibility index (Phi) is 5.37. The molecule has 2 aliphatic carbocycles. The van der Waals surface area contributed by atoms with E-state index in [0.29, 0.717) is 23.1 Å². The summed E-state index contributed by atoms with van der Waals surface area (Å²) in [5, 5.41) is 5.70. The summed E-state index contributed by atoms with van der Waals surface area (Å²) in [6, 6.07) is 0. The van der Waals surface area contributed by atoms with Crippen LogP contribution in [0.3, 0.4) is 0 Å². The van der Waals surface area contributed by atoms with Crippen molar-refractivity contribution in [2.24, 2.45) is 5.92 Å². The van der Waals surface area contributed by atoms with Gasteiger partial charge in [-0.1, -0.05) is 6.92 Å². The minimum atomic E-state index is -0.312. The van der Waals surface area contributed by atoms with E-state index in [1.807, 2.05) is 12.3 Å². The number of rotatable bonds is 4. The van der Waals surface area contributed by atoms with Gasteiger partial charge in [-0.25, -0.2) is 4.79 Å². The van der Waals surface area contributed by atoms with Crippen LogP contribution in [-0.4, -0.2) is 18.5 Å². The van der Waals surface area contributed by atoms with Gasteiger partial charge in [0.15, 0.2) is 0 Å². The normalized spacial score (nSPS) is 18.5. The number of anilines is 1. The van der Waals surface area contributed by atoms with Crippen LogP contribution in [0.5, 0.6) is 0 Å². The Bertz CT molecular complexity index is 880. The Morgan fingerprint density at radius 1 is 1.19 bits per heavy atom. The van der Waals surface area contributed by atoms with Crippen molar-refractivity contribution in [3.05, 3.63) is 37.4 Å². The summed E-state index contributed by atoms with van der Waals surface area (Å²) in [5.41, 5.74) is 3.65. The second kappa shape index (κ2) is 7.76. The highest BCUT2D eigenvalue weighted by Gasteiger charge is 2.29. The highest BCUT2D eigenvalue weighted by molar-refractivity contribution is 7.17. The summed E-state index contributed by atoms with van der Waals surface area (Å²) in [6.07, 6.45) is 7.25. The number of esters is 1. The molecule has 0 aromatic carbocycles. The average molecular weight is 404 g/mol. The van der Waals surface area contributed by atoms with Crippen LogP contribution in [0, 0.1) is 5.92 Å². The summed E-state index contributed by atoms with van der Waals surface area (Å²) in [6.45, 7) is 4.42. The maximum atomic E-state index is 13.0. The number of carbonyl (C=O) groups is 2. The molecule has 4 nitrogen and oxygen atoms in total. The van der Waals surface area contributed by atoms with Gasteiger partial charge in [0.1, 0.15) is 5.00 Å². The number of thiophene rings is 2. The van der Waals surface area contributed by atoms with Gasteiger partial charge >= 0.3 is 5.97 Å². The van der Waals surface area contributed by atoms with Crippen molar-refractivity contribution >= 4 is 39.6 Å². The first-order valence-electron chi connectivity index (χ1n) is 9.80. The zero-order valence-electron chi connectivity index (χ0n) is 15.9. The number of hydrogen-bond acceptors (Lipinski definition) is 5. The van der Waals surface area contributed by atoms with Crippen LogP contribution in [0.1, 0.15) is 74.7 Å². The molecule has 4 rings (SSSR count). The number of aryl methyl sites for hydroxylation is 1. The van der Waals surface area contributed by atoms with Crippen LogP contribution in [0.25, 0.3) is 0 Å². The molecule has 0 bridgehead atoms. The molecule has 144 valence electrons. The monoisotopic (exact) mass is 403 g/mol. The molecule has 2 aliphatic rings. The fourth-order valence-corrected chi connectivity index (χ4v) is 6.63. The maximum absolute atomic E-state index is 13.0. The predicted molar refractivity (Wildman–Crippen MR) is 110 cm³/mol. The van der Waals surface area contributed by atoms with Crippen molar-refractivity contribution in [1.29, 1.82) is 0 Å². The van der Waals surface area contributed by atoms with E-state index in [0.717, 1.165) is 56.1 Å². The van der Waals surface area contributed by atoms with Crippen molar-refractivity contribution < 1.29 is 14.3 Å². The van der Waals surface area contributed by atoms with Crippen LogP contribution in [0.2, 0.25) is 0 Å². The topological polar surface area (TPSA) is 55.4 Å². The molecule has 6 heteroatoms. The Hall–Kier alpha value is -1.66. The molecule has 0 aliphatic heterocycles. The number of hydrogen-bond donors (Lipinski definition) is 1. The van der Waals surface area contributed by atoms with E-state index in [9.17, 15) is 9.59 Å². The summed E-state index contributed by atoms with van der Waals surface area (Å²) in [5.74, 6) is 0.283. The highest BCUT2D eigenvalue weighted by Crippen LogP contribution is 2.39. The Morgan fingerprint density at radius 3 is 2.81 bits per heavy atom. The lowest BCUT2D eigenvalue weighted by atomic mass is 9.88. The van der Waals surface area contributed by atoms with Crippen LogP contribution in [-0.2, 0) is 30.4 Å². The smallest absolute Gasteiger partial charge is 0.341 e. The second-order valence-electron chi connectivity index (χ2n) is 7.49. The molecule has 1 atom stereocenters. The summed E-state index contributed by atoms with van der Waals surface area (Å²) in [4.78, 5) is 28.2. The highest BCUT2D eigenvalue weighted by atomic mass is 32.1. The van der Waals surface area contributed by atoms with Crippen LogP contribution < -0.4 is 5.32 Å². The predicted octanol–water partition coefficient (Wildman–Crippen LogP) is 5.24. The van der Waals surface area contributed by atoms with Crippen LogP contribution in [0.4, 0.5) is 5.00 Å². The van der Waals surface area contributed by atoms with Gasteiger partial charge in [-0.05, 0) is 68.9 Å². The molecular formula is C21H25NO3S2. The molecule has 0 saturated carbocycles. The zero-order valence-corrected chi connectivity index (χ0v) is 17.5. The van der Waals surface area contributed by atoms with Crippen LogP contribution >= 0.6 is 22.7 Å². The molecule has 0 spiro atoms. The number of amides is 1. The van der Waals surface area contributed by atoms with E-state index >= 15 is 0 Å². The number of fused-ring (bicyclic) bond motifs is 2. The summed E-state index contributed by atoms with van der Waals surface area (Å²) >= 11 is 3.24. The SMILES string of the molecule is CCOC(=O)c1c(NC(=O)c2csc3c2CCC(C)C3)sc2c1CCCC2. The summed E-state index contributed by atoms with van der Waals surface area (Å²) in [7, 11) is 0. The lowest BCUT2D eigenvalue weighted by Gasteiger charge is -2.18. The molecule has 0 fully saturated rings. The molecule has 0 saturated heterocycles. The lowest BCUT2D eigenvalue weighted by molar-refractivity contribution is 0.0526. The number of nitrogens with one attached hydrogen (secondary N) is 1. The Labute approximate surface area is 167 Å². The molecule has 1 amide bonds. The van der Waals surface area contributed by atoms with E-state index in [2.05, 4.69) is 12.2 Å². The maximum Gasteiger partial charge on any atom is 0.341 e. The molecule has 2 aromatic heterocycles. The molecule has 27 heavy (non-hydrogen) atoms. The fourth-order valence-electron chi connectivity index (χ4n) is 4.11. The van der Waals surface area contributed by atoms with Gasteiger partial charge in [-0.3, -0.25) is 4.79 Å². The van der Waals surface area contributed by atoms with Crippen molar-refractivity contribution in [3.63, 3.8) is 0 Å². The van der Waals surface area contributed by atoms with Crippen molar-refractivity contribution in [1.82, 2.24) is 0 Å². The Morgan fingerprint density at radius 2 is 2.00 bits per heavy atom. The standard InChI is InChI=1S/C21H25NO3S2/c1-3-25-21(24)18-14-6-4-5-7-16(14)27-20(18)22-19(23)15-11-26-17-10-12(2)8-9-13(15)17/h11-12H,3-10H2,1-2H3,(H,22,23). The number of ether oxygens (including phenoxy) is 1. The first-order chi connectivity index (χ1) is 13.1. The first kappa shape index (κ1) is 18.7. The minimum absolute atomic E-state index is 0.0915. The van der Waals surface area contributed by atoms with E-state index in [1.165, 1.54) is 15.3 Å².